The molecule has 0 radical (unpaired) electrons. The number of benzene rings is 1. The third kappa shape index (κ3) is 3.13. The average molecular weight is 301 g/mol. The first-order valence-corrected chi connectivity index (χ1v) is 8.94. The smallest absolute Gasteiger partial charge is 0.243 e. The summed E-state index contributed by atoms with van der Waals surface area (Å²) in [7, 11) is -3.44. The van der Waals surface area contributed by atoms with Crippen LogP contribution in [0.2, 0.25) is 0 Å². The number of sulfonamides is 1. The zero-order valence-electron chi connectivity index (χ0n) is 11.0. The highest BCUT2D eigenvalue weighted by Gasteiger charge is 2.27. The molecule has 1 aromatic carbocycles. The zero-order chi connectivity index (χ0) is 13.9. The third-order valence-electron chi connectivity index (χ3n) is 3.37. The molecule has 1 N–H and O–H groups in total. The Balaban J connectivity index is 2.38. The van der Waals surface area contributed by atoms with Gasteiger partial charge in [-0.05, 0) is 36.3 Å². The Morgan fingerprint density at radius 2 is 2.11 bits per heavy atom. The van der Waals surface area contributed by atoms with E-state index in [1.807, 2.05) is 0 Å². The maximum atomic E-state index is 12.7. The summed E-state index contributed by atoms with van der Waals surface area (Å²) < 4.78 is 26.9. The van der Waals surface area contributed by atoms with Crippen LogP contribution in [0, 0.1) is 6.92 Å². The summed E-state index contributed by atoms with van der Waals surface area (Å²) in [5.74, 6) is 1.86. The molecule has 0 aromatic heterocycles. The Morgan fingerprint density at radius 1 is 1.32 bits per heavy atom. The molecular weight excluding hydrogens is 282 g/mol. The lowest BCUT2D eigenvalue weighted by Gasteiger charge is -2.21. The van der Waals surface area contributed by atoms with Gasteiger partial charge in [-0.25, -0.2) is 8.42 Å². The minimum Gasteiger partial charge on any atom is -0.392 e. The molecule has 1 heterocycles. The van der Waals surface area contributed by atoms with E-state index in [4.69, 9.17) is 0 Å². The average Bonchev–Trinajstić information content (AvgIpc) is 2.68. The van der Waals surface area contributed by atoms with Crippen molar-refractivity contribution in [2.45, 2.75) is 24.8 Å². The highest BCUT2D eigenvalue weighted by atomic mass is 32.2. The van der Waals surface area contributed by atoms with Gasteiger partial charge in [0.1, 0.15) is 0 Å². The second-order valence-corrected chi connectivity index (χ2v) is 7.70. The maximum absolute atomic E-state index is 12.7. The Morgan fingerprint density at radius 3 is 2.84 bits per heavy atom. The largest absolute Gasteiger partial charge is 0.392 e. The van der Waals surface area contributed by atoms with E-state index in [9.17, 15) is 13.5 Å². The molecule has 0 saturated carbocycles. The van der Waals surface area contributed by atoms with Gasteiger partial charge in [0.05, 0.1) is 11.5 Å². The SMILES string of the molecule is Cc1c(CO)cccc1S(=O)(=O)N1CCCSCC1. The zero-order valence-corrected chi connectivity index (χ0v) is 12.6. The van der Waals surface area contributed by atoms with Gasteiger partial charge in [0.25, 0.3) is 0 Å². The number of thioether (sulfide) groups is 1. The fraction of sp³-hybridized carbons (Fsp3) is 0.538. The normalized spacial score (nSPS) is 18.2. The quantitative estimate of drug-likeness (QED) is 0.921. The van der Waals surface area contributed by atoms with Crippen LogP contribution >= 0.6 is 11.8 Å². The number of rotatable bonds is 3. The minimum atomic E-state index is -3.44. The molecule has 1 aliphatic rings. The van der Waals surface area contributed by atoms with Gasteiger partial charge in [0.2, 0.25) is 10.0 Å². The van der Waals surface area contributed by atoms with Gasteiger partial charge in [-0.1, -0.05) is 12.1 Å². The minimum absolute atomic E-state index is 0.134. The van der Waals surface area contributed by atoms with Crippen molar-refractivity contribution in [2.24, 2.45) is 0 Å². The van der Waals surface area contributed by atoms with E-state index in [1.165, 1.54) is 0 Å². The van der Waals surface area contributed by atoms with Gasteiger partial charge in [-0.15, -0.1) is 0 Å². The Bertz CT molecular complexity index is 535. The van der Waals surface area contributed by atoms with Crippen LogP contribution in [0.25, 0.3) is 0 Å². The van der Waals surface area contributed by atoms with E-state index in [2.05, 4.69) is 0 Å². The molecular formula is C13H19NO3S2. The molecule has 2 rings (SSSR count). The molecule has 0 bridgehead atoms. The van der Waals surface area contributed by atoms with Crippen LogP contribution in [-0.4, -0.2) is 42.4 Å². The molecule has 0 spiro atoms. The highest BCUT2D eigenvalue weighted by Crippen LogP contribution is 2.24. The summed E-state index contributed by atoms with van der Waals surface area (Å²) in [5.41, 5.74) is 1.33. The van der Waals surface area contributed by atoms with E-state index in [-0.39, 0.29) is 6.61 Å². The van der Waals surface area contributed by atoms with Gasteiger partial charge >= 0.3 is 0 Å². The number of aliphatic hydroxyl groups is 1. The van der Waals surface area contributed by atoms with E-state index in [0.29, 0.717) is 29.1 Å². The molecule has 1 aromatic rings. The first-order valence-electron chi connectivity index (χ1n) is 6.34. The lowest BCUT2D eigenvalue weighted by Crippen LogP contribution is -2.33. The Hall–Kier alpha value is -0.560. The van der Waals surface area contributed by atoms with Crippen LogP contribution in [0.3, 0.4) is 0 Å². The third-order valence-corrected chi connectivity index (χ3v) is 6.46. The van der Waals surface area contributed by atoms with Gasteiger partial charge < -0.3 is 5.11 Å². The van der Waals surface area contributed by atoms with Crippen molar-refractivity contribution in [1.82, 2.24) is 4.31 Å². The molecule has 1 fully saturated rings. The topological polar surface area (TPSA) is 57.6 Å². The van der Waals surface area contributed by atoms with Crippen LogP contribution in [0.4, 0.5) is 0 Å². The molecule has 0 aliphatic carbocycles. The van der Waals surface area contributed by atoms with E-state index in [1.54, 1.807) is 41.2 Å². The van der Waals surface area contributed by atoms with Crippen molar-refractivity contribution in [3.63, 3.8) is 0 Å². The second-order valence-electron chi connectivity index (χ2n) is 4.57. The van der Waals surface area contributed by atoms with Crippen molar-refractivity contribution >= 4 is 21.8 Å². The van der Waals surface area contributed by atoms with Gasteiger partial charge in [0, 0.05) is 18.8 Å². The molecule has 6 heteroatoms. The summed E-state index contributed by atoms with van der Waals surface area (Å²) in [6.07, 6.45) is 0.892. The van der Waals surface area contributed by atoms with Crippen LogP contribution in [0.15, 0.2) is 23.1 Å². The molecule has 19 heavy (non-hydrogen) atoms. The summed E-state index contributed by atoms with van der Waals surface area (Å²) in [5, 5.41) is 9.25. The Labute approximate surface area is 118 Å². The number of hydrogen-bond donors (Lipinski definition) is 1. The van der Waals surface area contributed by atoms with E-state index >= 15 is 0 Å². The Kier molecular flexibility index (Phi) is 4.89. The van der Waals surface area contributed by atoms with E-state index in [0.717, 1.165) is 17.9 Å². The maximum Gasteiger partial charge on any atom is 0.243 e. The lowest BCUT2D eigenvalue weighted by atomic mass is 10.1. The van der Waals surface area contributed by atoms with Gasteiger partial charge in [0.15, 0.2) is 0 Å². The summed E-state index contributed by atoms with van der Waals surface area (Å²) in [6, 6.07) is 5.08. The second kappa shape index (κ2) is 6.26. The van der Waals surface area contributed by atoms with E-state index < -0.39 is 10.0 Å². The van der Waals surface area contributed by atoms with Crippen molar-refractivity contribution in [2.75, 3.05) is 24.6 Å². The van der Waals surface area contributed by atoms with Crippen molar-refractivity contribution in [3.8, 4) is 0 Å². The van der Waals surface area contributed by atoms with Crippen LogP contribution in [0.5, 0.6) is 0 Å². The van der Waals surface area contributed by atoms with Gasteiger partial charge in [-0.2, -0.15) is 16.1 Å². The van der Waals surface area contributed by atoms with Gasteiger partial charge in [-0.3, -0.25) is 0 Å². The number of hydrogen-bond acceptors (Lipinski definition) is 4. The van der Waals surface area contributed by atoms with Crippen LogP contribution < -0.4 is 0 Å². The standard InChI is InChI=1S/C13H19NO3S2/c1-11-12(10-15)4-2-5-13(11)19(16,17)14-6-3-8-18-9-7-14/h2,4-5,15H,3,6-10H2,1H3. The molecule has 1 saturated heterocycles. The van der Waals surface area contributed by atoms with Crippen molar-refractivity contribution in [3.05, 3.63) is 29.3 Å². The number of aliphatic hydroxyl groups excluding tert-OH is 1. The summed E-state index contributed by atoms with van der Waals surface area (Å²) in [6.45, 7) is 2.77. The molecule has 0 amide bonds. The molecule has 0 atom stereocenters. The molecule has 1 aliphatic heterocycles. The fourth-order valence-corrected chi connectivity index (χ4v) is 4.96. The predicted octanol–water partition coefficient (Wildman–Crippen LogP) is 1.61. The van der Waals surface area contributed by atoms with Crippen LogP contribution in [0.1, 0.15) is 17.5 Å². The number of nitrogens with zero attached hydrogens (tertiary/aromatic N) is 1. The van der Waals surface area contributed by atoms with Crippen molar-refractivity contribution < 1.29 is 13.5 Å². The lowest BCUT2D eigenvalue weighted by molar-refractivity contribution is 0.280. The molecule has 106 valence electrons. The predicted molar refractivity (Wildman–Crippen MR) is 77.8 cm³/mol. The monoisotopic (exact) mass is 301 g/mol. The van der Waals surface area contributed by atoms with Crippen molar-refractivity contribution in [1.29, 1.82) is 0 Å². The van der Waals surface area contributed by atoms with Crippen LogP contribution in [-0.2, 0) is 16.6 Å². The summed E-state index contributed by atoms with van der Waals surface area (Å²) in [4.78, 5) is 0.325. The summed E-state index contributed by atoms with van der Waals surface area (Å²) >= 11 is 1.80. The fourth-order valence-electron chi connectivity index (χ4n) is 2.21. The first kappa shape index (κ1) is 14.8. The highest BCUT2D eigenvalue weighted by molar-refractivity contribution is 7.99. The molecule has 0 unspecified atom stereocenters. The first-order chi connectivity index (χ1) is 9.07. The molecule has 4 nitrogen and oxygen atoms in total.